The van der Waals surface area contributed by atoms with Gasteiger partial charge in [-0.25, -0.2) is 19.6 Å². The van der Waals surface area contributed by atoms with E-state index in [-0.39, 0.29) is 13.2 Å². The van der Waals surface area contributed by atoms with Crippen molar-refractivity contribution in [1.82, 2.24) is 10.0 Å². The molecule has 0 atom stereocenters. The molecule has 0 aliphatic carbocycles. The van der Waals surface area contributed by atoms with Crippen LogP contribution in [0.1, 0.15) is 17.5 Å². The van der Waals surface area contributed by atoms with Gasteiger partial charge in [0.25, 0.3) is 0 Å². The van der Waals surface area contributed by atoms with Crippen LogP contribution in [0.2, 0.25) is 0 Å². The Kier molecular flexibility index (Phi) is 5.51. The average Bonchev–Trinajstić information content (AvgIpc) is 3.16. The van der Waals surface area contributed by atoms with E-state index in [0.29, 0.717) is 19.5 Å². The van der Waals surface area contributed by atoms with Gasteiger partial charge < -0.3 is 9.47 Å². The molecule has 1 saturated heterocycles. The first kappa shape index (κ1) is 16.8. The van der Waals surface area contributed by atoms with Crippen molar-refractivity contribution in [2.75, 3.05) is 13.1 Å². The molecule has 1 fully saturated rings. The first-order valence-corrected chi connectivity index (χ1v) is 8.20. The molecule has 0 radical (unpaired) electrons. The number of hydrogen-bond acceptors (Lipinski definition) is 4. The van der Waals surface area contributed by atoms with Crippen LogP contribution >= 0.6 is 0 Å². The lowest BCUT2D eigenvalue weighted by Gasteiger charge is -2.26. The number of benzene rings is 2. The summed E-state index contributed by atoms with van der Waals surface area (Å²) in [6.45, 7) is 1.22. The predicted octanol–water partition coefficient (Wildman–Crippen LogP) is 3.58. The molecule has 1 aliphatic heterocycles. The smallest absolute Gasteiger partial charge is 0.429 e. The second-order valence-electron chi connectivity index (χ2n) is 5.68. The lowest BCUT2D eigenvalue weighted by atomic mass is 10.2. The topological polar surface area (TPSA) is 59.1 Å². The maximum atomic E-state index is 12.3. The van der Waals surface area contributed by atoms with Gasteiger partial charge in [-0.2, -0.15) is 0 Å². The Hall–Kier alpha value is -3.02. The minimum absolute atomic E-state index is 0.170. The maximum absolute atomic E-state index is 12.3. The summed E-state index contributed by atoms with van der Waals surface area (Å²) < 4.78 is 10.6. The van der Waals surface area contributed by atoms with Crippen molar-refractivity contribution in [2.24, 2.45) is 0 Å². The molecule has 0 bridgehead atoms. The first-order chi connectivity index (χ1) is 12.2. The molecule has 0 aromatic heterocycles. The van der Waals surface area contributed by atoms with E-state index in [1.54, 1.807) is 0 Å². The molecule has 25 heavy (non-hydrogen) atoms. The van der Waals surface area contributed by atoms with Crippen molar-refractivity contribution in [3.05, 3.63) is 71.8 Å². The summed E-state index contributed by atoms with van der Waals surface area (Å²) in [7, 11) is 0. The Morgan fingerprint density at radius 2 is 1.12 bits per heavy atom. The van der Waals surface area contributed by atoms with Gasteiger partial charge in [0.2, 0.25) is 0 Å². The molecular weight excluding hydrogens is 320 g/mol. The van der Waals surface area contributed by atoms with Crippen LogP contribution in [0, 0.1) is 0 Å². The molecule has 1 aliphatic rings. The highest BCUT2D eigenvalue weighted by Gasteiger charge is 2.32. The fourth-order valence-electron chi connectivity index (χ4n) is 2.58. The fraction of sp³-hybridized carbons (Fsp3) is 0.263. The summed E-state index contributed by atoms with van der Waals surface area (Å²) >= 11 is 0. The molecule has 0 unspecified atom stereocenters. The zero-order valence-corrected chi connectivity index (χ0v) is 13.8. The number of nitrogens with zero attached hydrogens (tertiary/aromatic N) is 2. The zero-order chi connectivity index (χ0) is 17.5. The second-order valence-corrected chi connectivity index (χ2v) is 5.68. The first-order valence-electron chi connectivity index (χ1n) is 8.20. The monoisotopic (exact) mass is 340 g/mol. The number of amides is 2. The van der Waals surface area contributed by atoms with E-state index >= 15 is 0 Å². The van der Waals surface area contributed by atoms with Crippen LogP contribution in [0.15, 0.2) is 60.7 Å². The number of hydrazine groups is 1. The van der Waals surface area contributed by atoms with Crippen molar-refractivity contribution >= 4 is 12.2 Å². The van der Waals surface area contributed by atoms with E-state index in [4.69, 9.17) is 9.47 Å². The number of ether oxygens (including phenoxy) is 2. The van der Waals surface area contributed by atoms with Crippen molar-refractivity contribution in [3.63, 3.8) is 0 Å². The second kappa shape index (κ2) is 8.19. The van der Waals surface area contributed by atoms with Gasteiger partial charge in [0.1, 0.15) is 13.2 Å². The number of rotatable bonds is 4. The van der Waals surface area contributed by atoms with Crippen molar-refractivity contribution < 1.29 is 19.1 Å². The highest BCUT2D eigenvalue weighted by Crippen LogP contribution is 2.15. The Labute approximate surface area is 146 Å². The number of carbonyl (C=O) groups is 2. The van der Waals surface area contributed by atoms with Crippen molar-refractivity contribution in [3.8, 4) is 0 Å². The minimum atomic E-state index is -0.544. The van der Waals surface area contributed by atoms with Gasteiger partial charge in [-0.15, -0.1) is 0 Å². The maximum Gasteiger partial charge on any atom is 0.429 e. The van der Waals surface area contributed by atoms with Gasteiger partial charge in [-0.05, 0) is 17.5 Å². The molecule has 6 nitrogen and oxygen atoms in total. The molecule has 2 amide bonds. The van der Waals surface area contributed by atoms with Crippen LogP contribution in [0.3, 0.4) is 0 Å². The third-order valence-corrected chi connectivity index (χ3v) is 3.86. The lowest BCUT2D eigenvalue weighted by molar-refractivity contribution is 0.00184. The number of hydrogen-bond donors (Lipinski definition) is 0. The normalized spacial score (nSPS) is 13.6. The lowest BCUT2D eigenvalue weighted by Crippen LogP contribution is -2.45. The predicted molar refractivity (Wildman–Crippen MR) is 91.3 cm³/mol. The molecule has 0 saturated carbocycles. The Balaban J connectivity index is 1.52. The van der Waals surface area contributed by atoms with Crippen molar-refractivity contribution in [1.29, 1.82) is 0 Å². The molecule has 130 valence electrons. The summed E-state index contributed by atoms with van der Waals surface area (Å²) in [5.41, 5.74) is 1.79. The highest BCUT2D eigenvalue weighted by atomic mass is 16.6. The van der Waals surface area contributed by atoms with Crippen LogP contribution in [0.25, 0.3) is 0 Å². The quantitative estimate of drug-likeness (QED) is 0.853. The van der Waals surface area contributed by atoms with Gasteiger partial charge in [0, 0.05) is 13.1 Å². The third kappa shape index (κ3) is 4.50. The summed E-state index contributed by atoms with van der Waals surface area (Å²) in [6.07, 6.45) is -0.392. The number of carbonyl (C=O) groups excluding carboxylic acids is 2. The van der Waals surface area contributed by atoms with Gasteiger partial charge in [0.05, 0.1) is 0 Å². The average molecular weight is 340 g/mol. The fourth-order valence-corrected chi connectivity index (χ4v) is 2.58. The molecule has 0 spiro atoms. The summed E-state index contributed by atoms with van der Waals surface area (Å²) in [6, 6.07) is 18.8. The van der Waals surface area contributed by atoms with Gasteiger partial charge >= 0.3 is 12.2 Å². The molecule has 2 aromatic rings. The van der Waals surface area contributed by atoms with E-state index in [9.17, 15) is 9.59 Å². The van der Waals surface area contributed by atoms with Crippen LogP contribution < -0.4 is 0 Å². The summed E-state index contributed by atoms with van der Waals surface area (Å²) in [5.74, 6) is 0. The Morgan fingerprint density at radius 3 is 1.52 bits per heavy atom. The zero-order valence-electron chi connectivity index (χ0n) is 13.8. The Bertz CT molecular complexity index is 644. The van der Waals surface area contributed by atoms with Gasteiger partial charge in [-0.1, -0.05) is 60.7 Å². The van der Waals surface area contributed by atoms with Crippen LogP contribution in [-0.4, -0.2) is 35.3 Å². The molecule has 0 N–H and O–H groups in total. The minimum Gasteiger partial charge on any atom is -0.443 e. The van der Waals surface area contributed by atoms with E-state index in [2.05, 4.69) is 0 Å². The van der Waals surface area contributed by atoms with E-state index < -0.39 is 12.2 Å². The highest BCUT2D eigenvalue weighted by molar-refractivity contribution is 5.74. The van der Waals surface area contributed by atoms with Gasteiger partial charge in [0.15, 0.2) is 0 Å². The third-order valence-electron chi connectivity index (χ3n) is 3.86. The largest absolute Gasteiger partial charge is 0.443 e. The van der Waals surface area contributed by atoms with E-state index in [1.807, 2.05) is 60.7 Å². The standard InChI is InChI=1S/C19H20N2O4/c22-18(24-14-16-8-3-1-4-9-16)20-12-7-13-21(20)19(23)25-15-17-10-5-2-6-11-17/h1-6,8-11H,7,12-15H2. The van der Waals surface area contributed by atoms with Gasteiger partial charge in [-0.3, -0.25) is 0 Å². The van der Waals surface area contributed by atoms with E-state index in [1.165, 1.54) is 10.0 Å². The molecule has 3 rings (SSSR count). The summed E-state index contributed by atoms with van der Waals surface area (Å²) in [4.78, 5) is 24.5. The van der Waals surface area contributed by atoms with Crippen molar-refractivity contribution in [2.45, 2.75) is 19.6 Å². The van der Waals surface area contributed by atoms with Crippen LogP contribution in [-0.2, 0) is 22.7 Å². The molecule has 6 heteroatoms. The van der Waals surface area contributed by atoms with E-state index in [0.717, 1.165) is 11.1 Å². The van der Waals surface area contributed by atoms with Crippen LogP contribution in [0.5, 0.6) is 0 Å². The SMILES string of the molecule is O=C(OCc1ccccc1)N1CCCN1C(=O)OCc1ccccc1. The molecule has 2 aromatic carbocycles. The molecule has 1 heterocycles. The molecular formula is C19H20N2O4. The Morgan fingerprint density at radius 1 is 0.720 bits per heavy atom. The van der Waals surface area contributed by atoms with Crippen LogP contribution in [0.4, 0.5) is 9.59 Å². The summed E-state index contributed by atoms with van der Waals surface area (Å²) in [5, 5.41) is 2.60.